The van der Waals surface area contributed by atoms with Crippen LogP contribution in [0.4, 0.5) is 0 Å². The summed E-state index contributed by atoms with van der Waals surface area (Å²) in [5, 5.41) is 12.8. The van der Waals surface area contributed by atoms with Crippen LogP contribution in [0.25, 0.3) is 0 Å². The van der Waals surface area contributed by atoms with E-state index in [1.165, 1.54) is 21.6 Å². The summed E-state index contributed by atoms with van der Waals surface area (Å²) in [6.45, 7) is 4.44. The summed E-state index contributed by atoms with van der Waals surface area (Å²) in [4.78, 5) is 25.3. The van der Waals surface area contributed by atoms with Gasteiger partial charge in [-0.25, -0.2) is 0 Å². The highest BCUT2D eigenvalue weighted by molar-refractivity contribution is 6.06. The molecule has 1 aromatic rings. The first-order valence-corrected chi connectivity index (χ1v) is 8.92. The molecule has 1 aliphatic carbocycles. The fraction of sp³-hybridized carbons (Fsp3) is 0.500. The van der Waals surface area contributed by atoms with Gasteiger partial charge in [-0.15, -0.1) is 0 Å². The Balaban J connectivity index is 1.57. The van der Waals surface area contributed by atoms with Gasteiger partial charge in [0.15, 0.2) is 5.76 Å². The summed E-state index contributed by atoms with van der Waals surface area (Å²) in [6.07, 6.45) is 3.91. The third-order valence-electron chi connectivity index (χ3n) is 5.57. The molecule has 2 N–H and O–H groups in total. The molecule has 1 saturated carbocycles. The highest BCUT2D eigenvalue weighted by atomic mass is 16.3. The van der Waals surface area contributed by atoms with E-state index in [4.69, 9.17) is 0 Å². The van der Waals surface area contributed by atoms with Crippen LogP contribution in [0.2, 0.25) is 0 Å². The van der Waals surface area contributed by atoms with Gasteiger partial charge < -0.3 is 15.3 Å². The van der Waals surface area contributed by atoms with Crippen molar-refractivity contribution in [2.45, 2.75) is 51.5 Å². The van der Waals surface area contributed by atoms with Crippen LogP contribution < -0.4 is 5.32 Å². The Bertz CT molecular complexity index is 730. The second-order valence-corrected chi connectivity index (χ2v) is 7.35. The molecule has 1 aromatic carbocycles. The molecule has 5 heteroatoms. The van der Waals surface area contributed by atoms with Crippen LogP contribution >= 0.6 is 0 Å². The molecule has 0 unspecified atom stereocenters. The topological polar surface area (TPSA) is 69.6 Å². The zero-order chi connectivity index (χ0) is 18.1. The van der Waals surface area contributed by atoms with Crippen LogP contribution in [0.5, 0.6) is 0 Å². The van der Waals surface area contributed by atoms with Crippen LogP contribution in [0, 0.1) is 13.8 Å². The number of rotatable bonds is 3. The number of carbonyl (C=O) groups is 2. The molecule has 25 heavy (non-hydrogen) atoms. The first-order valence-electron chi connectivity index (χ1n) is 8.92. The summed E-state index contributed by atoms with van der Waals surface area (Å²) in [6, 6.07) is 6.79. The third-order valence-corrected chi connectivity index (χ3v) is 5.57. The quantitative estimate of drug-likeness (QED) is 0.887. The summed E-state index contributed by atoms with van der Waals surface area (Å²) in [7, 11) is 1.58. The average Bonchev–Trinajstić information content (AvgIpc) is 2.86. The molecule has 2 aliphatic rings. The van der Waals surface area contributed by atoms with Gasteiger partial charge in [-0.3, -0.25) is 9.59 Å². The number of benzene rings is 1. The molecule has 2 amide bonds. The van der Waals surface area contributed by atoms with Crippen molar-refractivity contribution >= 4 is 11.8 Å². The Hall–Kier alpha value is -2.30. The third kappa shape index (κ3) is 3.55. The lowest BCUT2D eigenvalue weighted by molar-refractivity contribution is -0.126. The fourth-order valence-electron chi connectivity index (χ4n) is 3.74. The molecule has 1 heterocycles. The van der Waals surface area contributed by atoms with E-state index in [9.17, 15) is 14.7 Å². The standard InChI is InChI=1S/C20H26N2O3/c1-12-4-5-15(10-13(12)2)14-6-8-16(9-7-14)21-19(24)17-11-22(3)20(25)18(17)23/h4-5,10,14,16,23H,6-9,11H2,1-3H3,(H,21,24). The molecule has 0 atom stereocenters. The number of aryl methyl sites for hydroxylation is 2. The van der Waals surface area contributed by atoms with Gasteiger partial charge in [0.2, 0.25) is 0 Å². The van der Waals surface area contributed by atoms with Gasteiger partial charge in [0.05, 0.1) is 12.1 Å². The first-order chi connectivity index (χ1) is 11.9. The van der Waals surface area contributed by atoms with Crippen LogP contribution in [0.15, 0.2) is 29.5 Å². The van der Waals surface area contributed by atoms with Crippen LogP contribution in [0.3, 0.4) is 0 Å². The van der Waals surface area contributed by atoms with E-state index in [-0.39, 0.29) is 24.1 Å². The normalized spacial score (nSPS) is 24.0. The Labute approximate surface area is 148 Å². The van der Waals surface area contributed by atoms with Crippen molar-refractivity contribution in [3.63, 3.8) is 0 Å². The minimum absolute atomic E-state index is 0.108. The number of hydrogen-bond acceptors (Lipinski definition) is 3. The van der Waals surface area contributed by atoms with Crippen LogP contribution in [-0.2, 0) is 9.59 Å². The summed E-state index contributed by atoms with van der Waals surface area (Å²) >= 11 is 0. The lowest BCUT2D eigenvalue weighted by Gasteiger charge is -2.29. The van der Waals surface area contributed by atoms with Gasteiger partial charge in [0, 0.05) is 13.1 Å². The maximum atomic E-state index is 12.3. The SMILES string of the molecule is Cc1ccc(C2CCC(NC(=O)C3=C(O)C(=O)N(C)C3)CC2)cc1C. The van der Waals surface area contributed by atoms with Gasteiger partial charge in [0.1, 0.15) is 0 Å². The minimum atomic E-state index is -0.483. The van der Waals surface area contributed by atoms with Crippen LogP contribution in [-0.4, -0.2) is 41.5 Å². The van der Waals surface area contributed by atoms with Crippen molar-refractivity contribution in [2.75, 3.05) is 13.6 Å². The van der Waals surface area contributed by atoms with E-state index < -0.39 is 11.7 Å². The number of likely N-dealkylation sites (N-methyl/N-ethyl adjacent to an activating group) is 1. The van der Waals surface area contributed by atoms with Gasteiger partial charge in [0.25, 0.3) is 11.8 Å². The van der Waals surface area contributed by atoms with Crippen molar-refractivity contribution < 1.29 is 14.7 Å². The van der Waals surface area contributed by atoms with Gasteiger partial charge in [-0.2, -0.15) is 0 Å². The zero-order valence-corrected chi connectivity index (χ0v) is 15.1. The Kier molecular flexibility index (Phi) is 4.84. The molecule has 1 aliphatic heterocycles. The molecule has 0 radical (unpaired) electrons. The number of hydrogen-bond donors (Lipinski definition) is 2. The van der Waals surface area contributed by atoms with Crippen molar-refractivity contribution in [2.24, 2.45) is 0 Å². The van der Waals surface area contributed by atoms with E-state index in [2.05, 4.69) is 37.4 Å². The van der Waals surface area contributed by atoms with Crippen molar-refractivity contribution in [3.8, 4) is 0 Å². The van der Waals surface area contributed by atoms with Gasteiger partial charge in [-0.05, 0) is 62.1 Å². The maximum Gasteiger partial charge on any atom is 0.289 e. The van der Waals surface area contributed by atoms with E-state index in [1.807, 2.05) is 0 Å². The number of aliphatic hydroxyl groups is 1. The Morgan fingerprint density at radius 3 is 2.40 bits per heavy atom. The van der Waals surface area contributed by atoms with Crippen molar-refractivity contribution in [1.29, 1.82) is 0 Å². The Morgan fingerprint density at radius 1 is 1.16 bits per heavy atom. The monoisotopic (exact) mass is 342 g/mol. The lowest BCUT2D eigenvalue weighted by atomic mass is 9.81. The molecule has 0 saturated heterocycles. The maximum absolute atomic E-state index is 12.3. The summed E-state index contributed by atoms with van der Waals surface area (Å²) < 4.78 is 0. The second kappa shape index (κ2) is 6.90. The van der Waals surface area contributed by atoms with E-state index >= 15 is 0 Å². The van der Waals surface area contributed by atoms with Crippen LogP contribution in [0.1, 0.15) is 48.3 Å². The number of aliphatic hydroxyl groups excluding tert-OH is 1. The smallest absolute Gasteiger partial charge is 0.289 e. The van der Waals surface area contributed by atoms with Gasteiger partial charge in [-0.1, -0.05) is 18.2 Å². The number of nitrogens with zero attached hydrogens (tertiary/aromatic N) is 1. The molecule has 134 valence electrons. The second-order valence-electron chi connectivity index (χ2n) is 7.35. The molecule has 3 rings (SSSR count). The molecule has 0 bridgehead atoms. The number of amides is 2. The van der Waals surface area contributed by atoms with E-state index in [1.54, 1.807) is 7.05 Å². The predicted octanol–water partition coefficient (Wildman–Crippen LogP) is 2.73. The average molecular weight is 342 g/mol. The predicted molar refractivity (Wildman–Crippen MR) is 96.3 cm³/mol. The minimum Gasteiger partial charge on any atom is -0.503 e. The summed E-state index contributed by atoms with van der Waals surface area (Å²) in [5.41, 5.74) is 4.21. The highest BCUT2D eigenvalue weighted by Gasteiger charge is 2.33. The number of nitrogens with one attached hydrogen (secondary N) is 1. The number of carbonyl (C=O) groups excluding carboxylic acids is 2. The van der Waals surface area contributed by atoms with Crippen molar-refractivity contribution in [1.82, 2.24) is 10.2 Å². The Morgan fingerprint density at radius 2 is 1.84 bits per heavy atom. The van der Waals surface area contributed by atoms with Crippen molar-refractivity contribution in [3.05, 3.63) is 46.2 Å². The molecule has 5 nitrogen and oxygen atoms in total. The summed E-state index contributed by atoms with van der Waals surface area (Å²) in [5.74, 6) is -0.670. The largest absolute Gasteiger partial charge is 0.503 e. The zero-order valence-electron chi connectivity index (χ0n) is 15.1. The fourth-order valence-corrected chi connectivity index (χ4v) is 3.74. The van der Waals surface area contributed by atoms with E-state index in [0.29, 0.717) is 5.92 Å². The van der Waals surface area contributed by atoms with Gasteiger partial charge >= 0.3 is 0 Å². The molecule has 0 aromatic heterocycles. The molecule has 1 fully saturated rings. The molecule has 0 spiro atoms. The highest BCUT2D eigenvalue weighted by Crippen LogP contribution is 2.33. The van der Waals surface area contributed by atoms with E-state index in [0.717, 1.165) is 25.7 Å². The molecular formula is C20H26N2O3. The lowest BCUT2D eigenvalue weighted by Crippen LogP contribution is -2.39. The molecular weight excluding hydrogens is 316 g/mol. The first kappa shape index (κ1) is 17.5.